The van der Waals surface area contributed by atoms with Crippen molar-refractivity contribution < 1.29 is 18.2 Å². The second-order valence-electron chi connectivity index (χ2n) is 1.90. The van der Waals surface area contributed by atoms with Crippen molar-refractivity contribution in [3.63, 3.8) is 0 Å². The Kier molecular flexibility index (Phi) is 2.79. The van der Waals surface area contributed by atoms with Crippen LogP contribution in [-0.4, -0.2) is 29.1 Å². The first-order valence-corrected chi connectivity index (χ1v) is 4.04. The standard InChI is InChI=1S/C4H9NO4S/c1-3(5-6)4(2)10(7,8)9/h4,6H,1-2H3,(H,7,8,9)/b5-3+. The molecule has 0 aromatic carbocycles. The van der Waals surface area contributed by atoms with Crippen LogP contribution in [0.2, 0.25) is 0 Å². The summed E-state index contributed by atoms with van der Waals surface area (Å²) in [6.07, 6.45) is 0. The van der Waals surface area contributed by atoms with Crippen molar-refractivity contribution in [2.24, 2.45) is 5.16 Å². The van der Waals surface area contributed by atoms with Gasteiger partial charge in [0.05, 0.1) is 5.71 Å². The predicted molar refractivity (Wildman–Crippen MR) is 35.9 cm³/mol. The van der Waals surface area contributed by atoms with E-state index < -0.39 is 15.4 Å². The fourth-order valence-electron chi connectivity index (χ4n) is 0.297. The van der Waals surface area contributed by atoms with Gasteiger partial charge in [0.2, 0.25) is 0 Å². The molecule has 0 aromatic heterocycles. The summed E-state index contributed by atoms with van der Waals surface area (Å²) in [4.78, 5) is 0. The van der Waals surface area contributed by atoms with Crippen LogP contribution < -0.4 is 0 Å². The molecule has 0 rings (SSSR count). The molecule has 6 heteroatoms. The summed E-state index contributed by atoms with van der Waals surface area (Å²) in [6.45, 7) is 2.53. The highest BCUT2D eigenvalue weighted by Gasteiger charge is 2.20. The Morgan fingerprint density at radius 2 is 2.00 bits per heavy atom. The summed E-state index contributed by atoms with van der Waals surface area (Å²) < 4.78 is 29.0. The summed E-state index contributed by atoms with van der Waals surface area (Å²) in [5.74, 6) is 0. The van der Waals surface area contributed by atoms with Crippen LogP contribution in [0.3, 0.4) is 0 Å². The maximum atomic E-state index is 10.3. The van der Waals surface area contributed by atoms with Gasteiger partial charge in [0, 0.05) is 0 Å². The van der Waals surface area contributed by atoms with E-state index in [-0.39, 0.29) is 5.71 Å². The van der Waals surface area contributed by atoms with E-state index in [2.05, 4.69) is 5.16 Å². The number of rotatable bonds is 2. The topological polar surface area (TPSA) is 87.0 Å². The third kappa shape index (κ3) is 2.32. The lowest BCUT2D eigenvalue weighted by molar-refractivity contribution is 0.317. The van der Waals surface area contributed by atoms with Crippen molar-refractivity contribution in [1.29, 1.82) is 0 Å². The molecule has 0 heterocycles. The minimum Gasteiger partial charge on any atom is -0.411 e. The highest BCUT2D eigenvalue weighted by Crippen LogP contribution is 1.99. The Morgan fingerprint density at radius 1 is 1.60 bits per heavy atom. The van der Waals surface area contributed by atoms with Crippen LogP contribution in [-0.2, 0) is 10.1 Å². The molecule has 0 saturated heterocycles. The molecular weight excluding hydrogens is 158 g/mol. The van der Waals surface area contributed by atoms with Crippen molar-refractivity contribution in [2.45, 2.75) is 19.1 Å². The van der Waals surface area contributed by atoms with E-state index in [9.17, 15) is 8.42 Å². The zero-order valence-corrected chi connectivity index (χ0v) is 6.46. The Bertz CT molecular complexity index is 230. The quantitative estimate of drug-likeness (QED) is 0.264. The number of hydrogen-bond acceptors (Lipinski definition) is 4. The van der Waals surface area contributed by atoms with Crippen LogP contribution >= 0.6 is 0 Å². The van der Waals surface area contributed by atoms with Crippen LogP contribution in [0.25, 0.3) is 0 Å². The van der Waals surface area contributed by atoms with Gasteiger partial charge in [-0.1, -0.05) is 5.16 Å². The molecule has 60 valence electrons. The van der Waals surface area contributed by atoms with E-state index >= 15 is 0 Å². The SMILES string of the molecule is C/C(=N\O)C(C)S(=O)(=O)O. The van der Waals surface area contributed by atoms with Gasteiger partial charge in [-0.25, -0.2) is 0 Å². The molecule has 1 atom stereocenters. The van der Waals surface area contributed by atoms with Crippen molar-refractivity contribution in [1.82, 2.24) is 0 Å². The normalized spacial score (nSPS) is 16.9. The molecule has 0 bridgehead atoms. The summed E-state index contributed by atoms with van der Waals surface area (Å²) in [5, 5.41) is 9.57. The molecule has 0 aliphatic rings. The van der Waals surface area contributed by atoms with Crippen LogP contribution in [0, 0.1) is 0 Å². The van der Waals surface area contributed by atoms with Gasteiger partial charge in [-0.05, 0) is 13.8 Å². The van der Waals surface area contributed by atoms with Gasteiger partial charge in [-0.15, -0.1) is 0 Å². The molecule has 1 unspecified atom stereocenters. The maximum Gasteiger partial charge on any atom is 0.273 e. The van der Waals surface area contributed by atoms with E-state index in [0.717, 1.165) is 0 Å². The monoisotopic (exact) mass is 167 g/mol. The zero-order chi connectivity index (χ0) is 8.36. The number of nitrogens with zero attached hydrogens (tertiary/aromatic N) is 1. The van der Waals surface area contributed by atoms with Crippen molar-refractivity contribution in [3.05, 3.63) is 0 Å². The first kappa shape index (κ1) is 9.38. The van der Waals surface area contributed by atoms with E-state index in [1.807, 2.05) is 0 Å². The zero-order valence-electron chi connectivity index (χ0n) is 5.64. The highest BCUT2D eigenvalue weighted by atomic mass is 32.2. The van der Waals surface area contributed by atoms with Crippen LogP contribution in [0.1, 0.15) is 13.8 Å². The summed E-state index contributed by atoms with van der Waals surface area (Å²) >= 11 is 0. The molecule has 10 heavy (non-hydrogen) atoms. The van der Waals surface area contributed by atoms with Crippen LogP contribution in [0.4, 0.5) is 0 Å². The molecular formula is C4H9NO4S. The lowest BCUT2D eigenvalue weighted by Crippen LogP contribution is -2.24. The van der Waals surface area contributed by atoms with Crippen LogP contribution in [0.15, 0.2) is 5.16 Å². The molecule has 0 aliphatic carbocycles. The van der Waals surface area contributed by atoms with Crippen molar-refractivity contribution >= 4 is 15.8 Å². The smallest absolute Gasteiger partial charge is 0.273 e. The second kappa shape index (κ2) is 2.98. The first-order chi connectivity index (χ1) is 4.39. The largest absolute Gasteiger partial charge is 0.411 e. The molecule has 0 aromatic rings. The molecule has 0 radical (unpaired) electrons. The van der Waals surface area contributed by atoms with Crippen molar-refractivity contribution in [3.8, 4) is 0 Å². The van der Waals surface area contributed by atoms with E-state index in [1.165, 1.54) is 13.8 Å². The molecule has 0 spiro atoms. The number of oxime groups is 1. The number of hydrogen-bond donors (Lipinski definition) is 2. The average Bonchev–Trinajstić information content (AvgIpc) is 1.83. The lowest BCUT2D eigenvalue weighted by Gasteiger charge is -2.03. The van der Waals surface area contributed by atoms with Gasteiger partial charge in [-0.2, -0.15) is 8.42 Å². The lowest BCUT2D eigenvalue weighted by atomic mass is 10.3. The molecule has 0 fully saturated rings. The summed E-state index contributed by atoms with van der Waals surface area (Å²) in [5.41, 5.74) is -0.0394. The van der Waals surface area contributed by atoms with Gasteiger partial charge in [0.1, 0.15) is 5.25 Å². The maximum absolute atomic E-state index is 10.3. The summed E-state index contributed by atoms with van der Waals surface area (Å²) in [7, 11) is -4.10. The summed E-state index contributed by atoms with van der Waals surface area (Å²) in [6, 6.07) is 0. The third-order valence-corrected chi connectivity index (χ3v) is 2.43. The van der Waals surface area contributed by atoms with E-state index in [4.69, 9.17) is 9.76 Å². The van der Waals surface area contributed by atoms with Gasteiger partial charge < -0.3 is 5.21 Å². The Labute approximate surface area is 59.1 Å². The molecule has 0 saturated carbocycles. The first-order valence-electron chi connectivity index (χ1n) is 2.54. The van der Waals surface area contributed by atoms with E-state index in [1.54, 1.807) is 0 Å². The average molecular weight is 167 g/mol. The Balaban J connectivity index is 4.55. The Hall–Kier alpha value is -0.620. The van der Waals surface area contributed by atoms with Crippen molar-refractivity contribution in [2.75, 3.05) is 0 Å². The molecule has 2 N–H and O–H groups in total. The fraction of sp³-hybridized carbons (Fsp3) is 0.750. The third-order valence-electron chi connectivity index (χ3n) is 1.19. The minimum absolute atomic E-state index is 0.0394. The van der Waals surface area contributed by atoms with Gasteiger partial charge in [-0.3, -0.25) is 4.55 Å². The van der Waals surface area contributed by atoms with Gasteiger partial charge in [0.25, 0.3) is 10.1 Å². The minimum atomic E-state index is -4.10. The Morgan fingerprint density at radius 3 is 2.10 bits per heavy atom. The molecule has 0 aliphatic heterocycles. The second-order valence-corrected chi connectivity index (χ2v) is 3.64. The molecule has 5 nitrogen and oxygen atoms in total. The highest BCUT2D eigenvalue weighted by molar-refractivity contribution is 7.87. The fourth-order valence-corrected chi connectivity index (χ4v) is 0.775. The van der Waals surface area contributed by atoms with Crippen LogP contribution in [0.5, 0.6) is 0 Å². The van der Waals surface area contributed by atoms with Gasteiger partial charge in [0.15, 0.2) is 0 Å². The van der Waals surface area contributed by atoms with E-state index in [0.29, 0.717) is 0 Å². The molecule has 0 amide bonds. The predicted octanol–water partition coefficient (Wildman–Crippen LogP) is 0.113. The van der Waals surface area contributed by atoms with Gasteiger partial charge >= 0.3 is 0 Å².